The van der Waals surface area contributed by atoms with Gasteiger partial charge in [0.05, 0.1) is 11.8 Å². The van der Waals surface area contributed by atoms with Crippen molar-refractivity contribution in [2.45, 2.75) is 0 Å². The summed E-state index contributed by atoms with van der Waals surface area (Å²) in [4.78, 5) is 21.4. The lowest BCUT2D eigenvalue weighted by atomic mass is 10.0. The largest absolute Gasteiger partial charge is 0.507 e. The highest BCUT2D eigenvalue weighted by Crippen LogP contribution is 2.33. The second kappa shape index (κ2) is 7.27. The van der Waals surface area contributed by atoms with Gasteiger partial charge < -0.3 is 14.8 Å². The van der Waals surface area contributed by atoms with Gasteiger partial charge in [0.15, 0.2) is 5.58 Å². The number of phenolic OH excluding ortho intramolecular Hbond substituents is 1. The third kappa shape index (κ3) is 3.19. The number of amides is 1. The van der Waals surface area contributed by atoms with Crippen molar-refractivity contribution in [3.8, 4) is 17.2 Å². The number of benzene rings is 3. The molecular formula is C23H14BrN3O3. The van der Waals surface area contributed by atoms with Crippen LogP contribution in [0.25, 0.3) is 33.3 Å². The zero-order valence-corrected chi connectivity index (χ0v) is 17.1. The van der Waals surface area contributed by atoms with Crippen LogP contribution in [0, 0.1) is 0 Å². The van der Waals surface area contributed by atoms with E-state index in [2.05, 4.69) is 31.2 Å². The fraction of sp³-hybridized carbons (Fsp3) is 0. The molecule has 30 heavy (non-hydrogen) atoms. The van der Waals surface area contributed by atoms with Crippen LogP contribution in [0.3, 0.4) is 0 Å². The molecule has 0 aliphatic rings. The molecule has 0 saturated carbocycles. The fourth-order valence-corrected chi connectivity index (χ4v) is 3.85. The Morgan fingerprint density at radius 3 is 2.73 bits per heavy atom. The molecule has 0 unspecified atom stereocenters. The third-order valence-corrected chi connectivity index (χ3v) is 5.48. The summed E-state index contributed by atoms with van der Waals surface area (Å²) < 4.78 is 6.64. The number of phenols is 1. The first-order valence-corrected chi connectivity index (χ1v) is 9.92. The van der Waals surface area contributed by atoms with E-state index in [4.69, 9.17) is 4.42 Å². The number of nitrogens with one attached hydrogen (secondary N) is 1. The molecule has 1 amide bonds. The number of aromatic nitrogens is 2. The molecule has 0 saturated heterocycles. The van der Waals surface area contributed by atoms with Crippen LogP contribution in [-0.2, 0) is 0 Å². The van der Waals surface area contributed by atoms with E-state index in [0.717, 1.165) is 15.2 Å². The van der Waals surface area contributed by atoms with Gasteiger partial charge in [-0.2, -0.15) is 0 Å². The highest BCUT2D eigenvalue weighted by Gasteiger charge is 2.16. The molecule has 6 nitrogen and oxygen atoms in total. The predicted molar refractivity (Wildman–Crippen MR) is 119 cm³/mol. The van der Waals surface area contributed by atoms with Crippen LogP contribution >= 0.6 is 15.9 Å². The van der Waals surface area contributed by atoms with Crippen LogP contribution in [0.5, 0.6) is 5.75 Å². The van der Waals surface area contributed by atoms with Crippen molar-refractivity contribution in [3.05, 3.63) is 83.1 Å². The standard InChI is InChI=1S/C23H14BrN3O3/c24-18-6-2-3-14-15(18)4-1-5-16(14)22(29)26-13-7-8-20(28)17(11-13)23-27-19-12-25-10-9-21(19)30-23/h1-12,28H,(H,26,29). The Kier molecular flexibility index (Phi) is 4.44. The Labute approximate surface area is 179 Å². The van der Waals surface area contributed by atoms with Crippen molar-refractivity contribution in [3.63, 3.8) is 0 Å². The number of halogens is 1. The van der Waals surface area contributed by atoms with Gasteiger partial charge in [-0.1, -0.05) is 40.2 Å². The van der Waals surface area contributed by atoms with Crippen molar-refractivity contribution in [1.82, 2.24) is 9.97 Å². The van der Waals surface area contributed by atoms with Crippen LogP contribution in [0.15, 0.2) is 81.9 Å². The third-order valence-electron chi connectivity index (χ3n) is 4.79. The summed E-state index contributed by atoms with van der Waals surface area (Å²) in [5.74, 6) is -0.000554. The smallest absolute Gasteiger partial charge is 0.256 e. The minimum Gasteiger partial charge on any atom is -0.507 e. The maximum atomic E-state index is 13.0. The second-order valence-electron chi connectivity index (χ2n) is 6.69. The number of rotatable bonds is 3. The van der Waals surface area contributed by atoms with Gasteiger partial charge in [0.25, 0.3) is 5.91 Å². The Morgan fingerprint density at radius 2 is 1.87 bits per heavy atom. The molecule has 5 rings (SSSR count). The normalized spacial score (nSPS) is 11.1. The van der Waals surface area contributed by atoms with E-state index in [9.17, 15) is 9.90 Å². The van der Waals surface area contributed by atoms with Crippen LogP contribution in [0.4, 0.5) is 5.69 Å². The molecule has 0 aliphatic heterocycles. The first kappa shape index (κ1) is 18.3. The summed E-state index contributed by atoms with van der Waals surface area (Å²) in [7, 11) is 0. The number of hydrogen-bond acceptors (Lipinski definition) is 5. The summed E-state index contributed by atoms with van der Waals surface area (Å²) in [6.07, 6.45) is 3.19. The molecule has 0 radical (unpaired) electrons. The number of hydrogen-bond donors (Lipinski definition) is 2. The lowest BCUT2D eigenvalue weighted by molar-refractivity contribution is 0.102. The molecular weight excluding hydrogens is 446 g/mol. The Morgan fingerprint density at radius 1 is 1.03 bits per heavy atom. The van der Waals surface area contributed by atoms with Crippen molar-refractivity contribution in [2.75, 3.05) is 5.32 Å². The first-order chi connectivity index (χ1) is 14.6. The van der Waals surface area contributed by atoms with Crippen LogP contribution in [0.2, 0.25) is 0 Å². The molecule has 5 aromatic rings. The number of pyridine rings is 1. The maximum absolute atomic E-state index is 13.0. The van der Waals surface area contributed by atoms with Gasteiger partial charge in [-0.3, -0.25) is 9.78 Å². The Bertz CT molecular complexity index is 1400. The minimum absolute atomic E-state index is 0.00149. The zero-order chi connectivity index (χ0) is 20.7. The molecule has 2 heterocycles. The molecule has 7 heteroatoms. The van der Waals surface area contributed by atoms with Gasteiger partial charge in [-0.25, -0.2) is 4.98 Å². The summed E-state index contributed by atoms with van der Waals surface area (Å²) in [5, 5.41) is 15.0. The van der Waals surface area contributed by atoms with E-state index >= 15 is 0 Å². The Hall–Kier alpha value is -3.71. The van der Waals surface area contributed by atoms with Crippen molar-refractivity contribution < 1.29 is 14.3 Å². The number of nitrogens with zero attached hydrogens (tertiary/aromatic N) is 2. The number of anilines is 1. The first-order valence-electron chi connectivity index (χ1n) is 9.13. The Balaban J connectivity index is 1.51. The van der Waals surface area contributed by atoms with Crippen molar-refractivity contribution >= 4 is 49.4 Å². The molecule has 0 atom stereocenters. The second-order valence-corrected chi connectivity index (χ2v) is 7.54. The molecule has 0 fully saturated rings. The molecule has 0 aliphatic carbocycles. The minimum atomic E-state index is -0.253. The maximum Gasteiger partial charge on any atom is 0.256 e. The lowest BCUT2D eigenvalue weighted by Gasteiger charge is -2.10. The SMILES string of the molecule is O=C(Nc1ccc(O)c(-c2nc3cnccc3o2)c1)c1cccc2c(Br)cccc12. The predicted octanol–water partition coefficient (Wildman–Crippen LogP) is 5.76. The van der Waals surface area contributed by atoms with Gasteiger partial charge in [0.1, 0.15) is 11.3 Å². The van der Waals surface area contributed by atoms with E-state index in [-0.39, 0.29) is 17.5 Å². The van der Waals surface area contributed by atoms with Crippen LogP contribution in [-0.4, -0.2) is 21.0 Å². The van der Waals surface area contributed by atoms with Gasteiger partial charge in [0.2, 0.25) is 5.89 Å². The summed E-state index contributed by atoms with van der Waals surface area (Å²) in [6.45, 7) is 0. The molecule has 2 aromatic heterocycles. The highest BCUT2D eigenvalue weighted by atomic mass is 79.9. The fourth-order valence-electron chi connectivity index (χ4n) is 3.35. The van der Waals surface area contributed by atoms with Gasteiger partial charge in [-0.15, -0.1) is 0 Å². The molecule has 146 valence electrons. The number of fused-ring (bicyclic) bond motifs is 2. The van der Waals surface area contributed by atoms with Crippen LogP contribution in [0.1, 0.15) is 10.4 Å². The monoisotopic (exact) mass is 459 g/mol. The number of carbonyl (C=O) groups is 1. The van der Waals surface area contributed by atoms with E-state index < -0.39 is 0 Å². The van der Waals surface area contributed by atoms with Crippen molar-refractivity contribution in [1.29, 1.82) is 0 Å². The highest BCUT2D eigenvalue weighted by molar-refractivity contribution is 9.10. The zero-order valence-electron chi connectivity index (χ0n) is 15.5. The van der Waals surface area contributed by atoms with Crippen LogP contribution < -0.4 is 5.32 Å². The topological polar surface area (TPSA) is 88.2 Å². The molecule has 2 N–H and O–H groups in total. The van der Waals surface area contributed by atoms with Gasteiger partial charge >= 0.3 is 0 Å². The summed E-state index contributed by atoms with van der Waals surface area (Å²) in [5.41, 5.74) is 2.60. The lowest BCUT2D eigenvalue weighted by Crippen LogP contribution is -2.12. The molecule has 0 spiro atoms. The van der Waals surface area contributed by atoms with E-state index in [0.29, 0.717) is 27.9 Å². The van der Waals surface area contributed by atoms with E-state index in [1.807, 2.05) is 30.3 Å². The average molecular weight is 460 g/mol. The summed E-state index contributed by atoms with van der Waals surface area (Å²) >= 11 is 3.52. The number of carbonyl (C=O) groups excluding carboxylic acids is 1. The van der Waals surface area contributed by atoms with E-state index in [1.54, 1.807) is 36.7 Å². The quantitative estimate of drug-likeness (QED) is 0.334. The number of oxazole rings is 1. The van der Waals surface area contributed by atoms with E-state index in [1.165, 1.54) is 6.07 Å². The molecule has 3 aromatic carbocycles. The number of aromatic hydroxyl groups is 1. The van der Waals surface area contributed by atoms with Gasteiger partial charge in [0, 0.05) is 28.0 Å². The van der Waals surface area contributed by atoms with Gasteiger partial charge in [-0.05, 0) is 41.1 Å². The van der Waals surface area contributed by atoms with Crippen molar-refractivity contribution in [2.24, 2.45) is 0 Å². The average Bonchev–Trinajstić information content (AvgIpc) is 3.19. The molecule has 0 bridgehead atoms. The summed E-state index contributed by atoms with van der Waals surface area (Å²) in [6, 6.07) is 17.8.